The molecule has 1 aliphatic carbocycles. The number of amides is 4. The largest absolute Gasteiger partial charge is 0.349 e. The Kier molecular flexibility index (Phi) is 8.78. The molecule has 1 N–H and O–H groups in total. The van der Waals surface area contributed by atoms with Gasteiger partial charge in [0.05, 0.1) is 6.04 Å². The first kappa shape index (κ1) is 28.9. The highest BCUT2D eigenvalue weighted by atomic mass is 35.5. The molecule has 1 saturated carbocycles. The second-order valence-electron chi connectivity index (χ2n) is 12.4. The van der Waals surface area contributed by atoms with Gasteiger partial charge in [-0.3, -0.25) is 19.4 Å². The normalized spacial score (nSPS) is 32.1. The van der Waals surface area contributed by atoms with Crippen molar-refractivity contribution in [3.63, 3.8) is 0 Å². The Hall–Kier alpha value is -2.12. The van der Waals surface area contributed by atoms with E-state index in [4.69, 9.17) is 0 Å². The Morgan fingerprint density at radius 3 is 2.18 bits per heavy atom. The summed E-state index contributed by atoms with van der Waals surface area (Å²) < 4.78 is 0. The molecule has 3 aliphatic heterocycles. The monoisotopic (exact) mass is 544 g/mol. The Morgan fingerprint density at radius 1 is 1.00 bits per heavy atom. The molecule has 3 atom stereocenters. The third-order valence-electron chi connectivity index (χ3n) is 9.67. The van der Waals surface area contributed by atoms with Crippen molar-refractivity contribution in [2.45, 2.75) is 108 Å². The number of nitrogens with zero attached hydrogens (tertiary/aromatic N) is 3. The third kappa shape index (κ3) is 5.21. The number of carbonyl (C=O) groups excluding carboxylic acids is 3. The fourth-order valence-corrected chi connectivity index (χ4v) is 7.71. The van der Waals surface area contributed by atoms with Gasteiger partial charge in [0.15, 0.2) is 0 Å². The van der Waals surface area contributed by atoms with E-state index in [-0.39, 0.29) is 60.3 Å². The van der Waals surface area contributed by atoms with Crippen molar-refractivity contribution >= 4 is 30.3 Å². The Labute approximate surface area is 234 Å². The molecule has 7 nitrogen and oxygen atoms in total. The van der Waals surface area contributed by atoms with Crippen molar-refractivity contribution in [2.24, 2.45) is 11.8 Å². The van der Waals surface area contributed by atoms with Gasteiger partial charge < -0.3 is 10.2 Å². The standard InChI is InChI=1S/C30H44N4O3.ClH/c1-20(2)34-29(37)32(4)28(36)30(34)18-24-14-15-25(19-30)33(24)17-16-26(22-8-6-5-7-9-22)31-27(35)23-12-10-21(3)11-13-23;/h5-9,20-21,23-26H,10-19H2,1-4H3,(H,31,35);1H/t21?,23?,24?,25?,26-,30?;/m0./s1. The first-order valence-corrected chi connectivity index (χ1v) is 14.4. The van der Waals surface area contributed by atoms with Gasteiger partial charge >= 0.3 is 6.03 Å². The van der Waals surface area contributed by atoms with E-state index in [0.29, 0.717) is 12.8 Å². The van der Waals surface area contributed by atoms with E-state index in [1.165, 1.54) is 4.90 Å². The molecule has 1 aromatic carbocycles. The van der Waals surface area contributed by atoms with Crippen LogP contribution in [0.5, 0.6) is 0 Å². The molecule has 3 saturated heterocycles. The lowest BCUT2D eigenvalue weighted by atomic mass is 9.80. The van der Waals surface area contributed by atoms with E-state index in [9.17, 15) is 14.4 Å². The van der Waals surface area contributed by atoms with Gasteiger partial charge in [0.1, 0.15) is 5.54 Å². The highest BCUT2D eigenvalue weighted by Crippen LogP contribution is 2.48. The Bertz CT molecular complexity index is 996. The lowest BCUT2D eigenvalue weighted by Gasteiger charge is -2.48. The molecule has 4 aliphatic rings. The molecular weight excluding hydrogens is 500 g/mol. The van der Waals surface area contributed by atoms with E-state index in [1.807, 2.05) is 36.9 Å². The number of rotatable bonds is 7. The van der Waals surface area contributed by atoms with Gasteiger partial charge in [-0.2, -0.15) is 0 Å². The molecule has 0 radical (unpaired) electrons. The van der Waals surface area contributed by atoms with Crippen LogP contribution in [-0.4, -0.2) is 69.8 Å². The van der Waals surface area contributed by atoms with Crippen molar-refractivity contribution in [1.82, 2.24) is 20.0 Å². The zero-order valence-electron chi connectivity index (χ0n) is 23.4. The van der Waals surface area contributed by atoms with E-state index in [1.54, 1.807) is 7.05 Å². The van der Waals surface area contributed by atoms with Gasteiger partial charge in [0.2, 0.25) is 5.91 Å². The molecule has 2 unspecified atom stereocenters. The molecule has 4 amide bonds. The summed E-state index contributed by atoms with van der Waals surface area (Å²) in [6.07, 6.45) is 8.63. The van der Waals surface area contributed by atoms with E-state index < -0.39 is 5.54 Å². The summed E-state index contributed by atoms with van der Waals surface area (Å²) in [4.78, 5) is 45.3. The number of nitrogens with one attached hydrogen (secondary N) is 1. The minimum absolute atomic E-state index is 0. The van der Waals surface area contributed by atoms with Crippen LogP contribution in [0.3, 0.4) is 0 Å². The van der Waals surface area contributed by atoms with Crippen molar-refractivity contribution in [3.05, 3.63) is 35.9 Å². The molecule has 1 spiro atoms. The fourth-order valence-electron chi connectivity index (χ4n) is 7.71. The summed E-state index contributed by atoms with van der Waals surface area (Å²) in [7, 11) is 1.63. The first-order chi connectivity index (χ1) is 17.7. The van der Waals surface area contributed by atoms with Crippen LogP contribution < -0.4 is 5.32 Å². The second-order valence-corrected chi connectivity index (χ2v) is 12.4. The highest BCUT2D eigenvalue weighted by Gasteiger charge is 2.62. The average Bonchev–Trinajstić information content (AvgIpc) is 3.23. The summed E-state index contributed by atoms with van der Waals surface area (Å²) in [6.45, 7) is 7.19. The number of hydrogen-bond donors (Lipinski definition) is 1. The second kappa shape index (κ2) is 11.5. The van der Waals surface area contributed by atoms with E-state index in [0.717, 1.165) is 63.0 Å². The van der Waals surface area contributed by atoms with Gasteiger partial charge in [-0.15, -0.1) is 12.4 Å². The number of urea groups is 1. The minimum Gasteiger partial charge on any atom is -0.349 e. The van der Waals surface area contributed by atoms with Crippen LogP contribution in [0.4, 0.5) is 4.79 Å². The molecule has 210 valence electrons. The maximum atomic E-state index is 13.4. The van der Waals surface area contributed by atoms with Gasteiger partial charge in [-0.05, 0) is 83.1 Å². The van der Waals surface area contributed by atoms with Gasteiger partial charge in [0, 0.05) is 37.6 Å². The van der Waals surface area contributed by atoms with E-state index in [2.05, 4.69) is 29.3 Å². The smallest absolute Gasteiger partial charge is 0.327 e. The first-order valence-electron chi connectivity index (χ1n) is 14.4. The predicted octanol–water partition coefficient (Wildman–Crippen LogP) is 5.15. The number of imide groups is 1. The quantitative estimate of drug-likeness (QED) is 0.482. The average molecular weight is 545 g/mol. The number of likely N-dealkylation sites (N-methyl/N-ethyl adjacent to an activating group) is 1. The minimum atomic E-state index is -0.701. The molecule has 8 heteroatoms. The predicted molar refractivity (Wildman–Crippen MR) is 151 cm³/mol. The number of fused-ring (bicyclic) bond motifs is 2. The van der Waals surface area contributed by atoms with Crippen molar-refractivity contribution < 1.29 is 14.4 Å². The molecule has 0 aromatic heterocycles. The van der Waals surface area contributed by atoms with Crippen LogP contribution in [0, 0.1) is 11.8 Å². The zero-order chi connectivity index (χ0) is 26.3. The molecule has 3 heterocycles. The van der Waals surface area contributed by atoms with Crippen LogP contribution in [0.1, 0.15) is 90.2 Å². The molecule has 38 heavy (non-hydrogen) atoms. The SMILES string of the molecule is CC1CCC(C(=O)N[C@@H](CCN2C3CCC2CC2(C3)C(=O)N(C)C(=O)N2C(C)C)c2ccccc2)CC1.Cl. The lowest BCUT2D eigenvalue weighted by Crippen LogP contribution is -2.61. The van der Waals surface area contributed by atoms with Crippen LogP contribution in [-0.2, 0) is 9.59 Å². The van der Waals surface area contributed by atoms with E-state index >= 15 is 0 Å². The summed E-state index contributed by atoms with van der Waals surface area (Å²) >= 11 is 0. The topological polar surface area (TPSA) is 73.0 Å². The summed E-state index contributed by atoms with van der Waals surface area (Å²) in [5.41, 5.74) is 0.457. The van der Waals surface area contributed by atoms with Crippen LogP contribution in [0.25, 0.3) is 0 Å². The molecule has 1 aromatic rings. The van der Waals surface area contributed by atoms with Crippen LogP contribution >= 0.6 is 12.4 Å². The number of hydrogen-bond acceptors (Lipinski definition) is 4. The van der Waals surface area contributed by atoms with Crippen molar-refractivity contribution in [3.8, 4) is 0 Å². The Balaban J connectivity index is 0.00000336. The fraction of sp³-hybridized carbons (Fsp3) is 0.700. The van der Waals surface area contributed by atoms with Gasteiger partial charge in [0.25, 0.3) is 5.91 Å². The maximum absolute atomic E-state index is 13.4. The third-order valence-corrected chi connectivity index (χ3v) is 9.67. The number of halogens is 1. The zero-order valence-corrected chi connectivity index (χ0v) is 24.2. The van der Waals surface area contributed by atoms with Crippen LogP contribution in [0.2, 0.25) is 0 Å². The van der Waals surface area contributed by atoms with Crippen LogP contribution in [0.15, 0.2) is 30.3 Å². The maximum Gasteiger partial charge on any atom is 0.327 e. The molecular formula is C30H45ClN4O3. The molecule has 5 rings (SSSR count). The number of carbonyl (C=O) groups is 3. The van der Waals surface area contributed by atoms with Crippen molar-refractivity contribution in [2.75, 3.05) is 13.6 Å². The number of benzene rings is 1. The molecule has 2 bridgehead atoms. The van der Waals surface area contributed by atoms with Crippen molar-refractivity contribution in [1.29, 1.82) is 0 Å². The summed E-state index contributed by atoms with van der Waals surface area (Å²) in [5.74, 6) is 1.02. The number of piperidine rings is 1. The van der Waals surface area contributed by atoms with Gasteiger partial charge in [-0.1, -0.05) is 37.3 Å². The Morgan fingerprint density at radius 2 is 1.61 bits per heavy atom. The molecule has 4 fully saturated rings. The lowest BCUT2D eigenvalue weighted by molar-refractivity contribution is -0.137. The summed E-state index contributed by atoms with van der Waals surface area (Å²) in [5, 5.41) is 3.42. The van der Waals surface area contributed by atoms with Gasteiger partial charge in [-0.25, -0.2) is 4.79 Å². The highest BCUT2D eigenvalue weighted by molar-refractivity contribution is 6.07. The summed E-state index contributed by atoms with van der Waals surface area (Å²) in [6, 6.07) is 10.7.